The zero-order valence-corrected chi connectivity index (χ0v) is 14.2. The summed E-state index contributed by atoms with van der Waals surface area (Å²) >= 11 is 2.96. The van der Waals surface area contributed by atoms with Gasteiger partial charge in [-0.05, 0) is 17.5 Å². The van der Waals surface area contributed by atoms with Gasteiger partial charge in [-0.3, -0.25) is 10.1 Å². The minimum Gasteiger partial charge on any atom is -0.493 e. The lowest BCUT2D eigenvalue weighted by Gasteiger charge is -2.05. The van der Waals surface area contributed by atoms with Gasteiger partial charge in [0.1, 0.15) is 0 Å². The van der Waals surface area contributed by atoms with Gasteiger partial charge in [-0.15, -0.1) is 11.3 Å². The van der Waals surface area contributed by atoms with Crippen LogP contribution >= 0.6 is 22.7 Å². The molecular formula is C16H14N2O3S2. The number of anilines is 1. The van der Waals surface area contributed by atoms with Crippen molar-refractivity contribution in [3.05, 3.63) is 40.6 Å². The molecule has 0 unspecified atom stereocenters. The second-order valence-corrected chi connectivity index (χ2v) is 6.54. The van der Waals surface area contributed by atoms with E-state index in [0.717, 1.165) is 15.1 Å². The molecule has 23 heavy (non-hydrogen) atoms. The fourth-order valence-corrected chi connectivity index (χ4v) is 3.50. The second kappa shape index (κ2) is 6.80. The molecule has 0 aliphatic carbocycles. The monoisotopic (exact) mass is 346 g/mol. The van der Waals surface area contributed by atoms with E-state index in [2.05, 4.69) is 10.3 Å². The summed E-state index contributed by atoms with van der Waals surface area (Å²) in [6, 6.07) is 7.53. The predicted octanol–water partition coefficient (Wildman–Crippen LogP) is 4.03. The van der Waals surface area contributed by atoms with Gasteiger partial charge in [-0.1, -0.05) is 17.4 Å². The van der Waals surface area contributed by atoms with Gasteiger partial charge in [0.2, 0.25) is 5.91 Å². The maximum absolute atomic E-state index is 12.0. The molecule has 0 saturated heterocycles. The van der Waals surface area contributed by atoms with Gasteiger partial charge in [0.25, 0.3) is 0 Å². The Labute approximate surface area is 141 Å². The molecule has 2 aromatic heterocycles. The third-order valence-electron chi connectivity index (χ3n) is 3.07. The van der Waals surface area contributed by atoms with Crippen LogP contribution in [0, 0.1) is 0 Å². The van der Waals surface area contributed by atoms with E-state index in [4.69, 9.17) is 9.47 Å². The number of hydrogen-bond donors (Lipinski definition) is 1. The molecule has 1 amide bonds. The fraction of sp³-hybridized carbons (Fsp3) is 0.125. The van der Waals surface area contributed by atoms with Crippen LogP contribution in [-0.4, -0.2) is 25.1 Å². The minimum absolute atomic E-state index is 0.212. The van der Waals surface area contributed by atoms with Gasteiger partial charge in [0, 0.05) is 23.1 Å². The van der Waals surface area contributed by atoms with Crippen molar-refractivity contribution in [2.75, 3.05) is 19.5 Å². The number of fused-ring (bicyclic) bond motifs is 1. The van der Waals surface area contributed by atoms with Crippen LogP contribution in [0.25, 0.3) is 16.3 Å². The van der Waals surface area contributed by atoms with E-state index in [1.165, 1.54) is 17.4 Å². The number of methoxy groups -OCH3 is 2. The lowest BCUT2D eigenvalue weighted by Crippen LogP contribution is -2.06. The molecule has 0 saturated carbocycles. The quantitative estimate of drug-likeness (QED) is 0.709. The molecule has 118 valence electrons. The van der Waals surface area contributed by atoms with Crippen LogP contribution in [0.2, 0.25) is 0 Å². The van der Waals surface area contributed by atoms with Crippen molar-refractivity contribution >= 4 is 50.0 Å². The van der Waals surface area contributed by atoms with Crippen molar-refractivity contribution in [2.24, 2.45) is 0 Å². The molecule has 0 aliphatic rings. The third kappa shape index (κ3) is 3.52. The van der Waals surface area contributed by atoms with E-state index in [0.29, 0.717) is 16.6 Å². The van der Waals surface area contributed by atoms with Gasteiger partial charge >= 0.3 is 0 Å². The minimum atomic E-state index is -0.212. The summed E-state index contributed by atoms with van der Waals surface area (Å²) in [7, 11) is 3.16. The third-order valence-corrected chi connectivity index (χ3v) is 4.84. The first-order chi connectivity index (χ1) is 11.2. The summed E-state index contributed by atoms with van der Waals surface area (Å²) in [6.07, 6.45) is 3.28. The van der Waals surface area contributed by atoms with E-state index in [9.17, 15) is 4.79 Å². The normalized spacial score (nSPS) is 11.0. The van der Waals surface area contributed by atoms with Crippen LogP contribution in [0.15, 0.2) is 35.7 Å². The van der Waals surface area contributed by atoms with Crippen LogP contribution in [0.5, 0.6) is 11.5 Å². The van der Waals surface area contributed by atoms with Gasteiger partial charge in [-0.2, -0.15) is 0 Å². The van der Waals surface area contributed by atoms with Gasteiger partial charge in [0.05, 0.1) is 24.4 Å². The molecule has 0 spiro atoms. The average molecular weight is 346 g/mol. The summed E-state index contributed by atoms with van der Waals surface area (Å²) in [4.78, 5) is 17.4. The Hall–Kier alpha value is -2.38. The number of hydrogen-bond acceptors (Lipinski definition) is 6. The zero-order valence-electron chi connectivity index (χ0n) is 12.5. The van der Waals surface area contributed by atoms with Crippen molar-refractivity contribution in [1.82, 2.24) is 4.98 Å². The number of thiophene rings is 1. The average Bonchev–Trinajstić information content (AvgIpc) is 3.20. The van der Waals surface area contributed by atoms with Crippen molar-refractivity contribution in [3.8, 4) is 11.5 Å². The Bertz CT molecular complexity index is 813. The number of aromatic nitrogens is 1. The highest BCUT2D eigenvalue weighted by molar-refractivity contribution is 7.22. The molecule has 7 heteroatoms. The predicted molar refractivity (Wildman–Crippen MR) is 94.7 cm³/mol. The maximum Gasteiger partial charge on any atom is 0.250 e. The lowest BCUT2D eigenvalue weighted by atomic mass is 10.3. The van der Waals surface area contributed by atoms with E-state index in [1.54, 1.807) is 37.7 Å². The van der Waals surface area contributed by atoms with Gasteiger partial charge in [0.15, 0.2) is 16.6 Å². The number of carbonyl (C=O) groups excluding carboxylic acids is 1. The Morgan fingerprint density at radius 2 is 2.04 bits per heavy atom. The molecule has 1 aromatic carbocycles. The topological polar surface area (TPSA) is 60.5 Å². The number of amides is 1. The molecule has 0 fully saturated rings. The van der Waals surface area contributed by atoms with Crippen LogP contribution in [-0.2, 0) is 4.79 Å². The Morgan fingerprint density at radius 1 is 1.26 bits per heavy atom. The Balaban J connectivity index is 1.79. The number of thiazole rings is 1. The van der Waals surface area contributed by atoms with Crippen molar-refractivity contribution in [3.63, 3.8) is 0 Å². The van der Waals surface area contributed by atoms with Crippen molar-refractivity contribution in [1.29, 1.82) is 0 Å². The van der Waals surface area contributed by atoms with Crippen molar-refractivity contribution < 1.29 is 14.3 Å². The fourth-order valence-electron chi connectivity index (χ4n) is 2.00. The second-order valence-electron chi connectivity index (χ2n) is 4.53. The summed E-state index contributed by atoms with van der Waals surface area (Å²) in [6.45, 7) is 0. The maximum atomic E-state index is 12.0. The molecule has 2 heterocycles. The van der Waals surface area contributed by atoms with Crippen LogP contribution in [0.3, 0.4) is 0 Å². The van der Waals surface area contributed by atoms with E-state index >= 15 is 0 Å². The molecule has 0 atom stereocenters. The number of nitrogens with zero attached hydrogens (tertiary/aromatic N) is 1. The molecular weight excluding hydrogens is 332 g/mol. The first-order valence-corrected chi connectivity index (χ1v) is 8.44. The number of rotatable bonds is 5. The molecule has 1 N–H and O–H groups in total. The Kier molecular flexibility index (Phi) is 4.59. The molecule has 3 rings (SSSR count). The summed E-state index contributed by atoms with van der Waals surface area (Å²) in [5.74, 6) is 1.04. The summed E-state index contributed by atoms with van der Waals surface area (Å²) < 4.78 is 11.4. The summed E-state index contributed by atoms with van der Waals surface area (Å²) in [5.41, 5.74) is 0.755. The zero-order chi connectivity index (χ0) is 16.2. The van der Waals surface area contributed by atoms with E-state index < -0.39 is 0 Å². The lowest BCUT2D eigenvalue weighted by molar-refractivity contribution is -0.111. The number of carbonyl (C=O) groups is 1. The first-order valence-electron chi connectivity index (χ1n) is 6.74. The van der Waals surface area contributed by atoms with Crippen molar-refractivity contribution in [2.45, 2.75) is 0 Å². The molecule has 0 bridgehead atoms. The van der Waals surface area contributed by atoms with Crippen LogP contribution in [0.1, 0.15) is 4.88 Å². The largest absolute Gasteiger partial charge is 0.493 e. The first kappa shape index (κ1) is 15.5. The highest BCUT2D eigenvalue weighted by Crippen LogP contribution is 2.36. The van der Waals surface area contributed by atoms with E-state index in [-0.39, 0.29) is 5.91 Å². The SMILES string of the molecule is COc1cc2nc(NC(=O)C=Cc3cccs3)sc2cc1OC. The van der Waals surface area contributed by atoms with Gasteiger partial charge in [-0.25, -0.2) is 4.98 Å². The van der Waals surface area contributed by atoms with Gasteiger partial charge < -0.3 is 9.47 Å². The van der Waals surface area contributed by atoms with Crippen LogP contribution < -0.4 is 14.8 Å². The number of nitrogens with one attached hydrogen (secondary N) is 1. The molecule has 5 nitrogen and oxygen atoms in total. The Morgan fingerprint density at radius 3 is 2.74 bits per heavy atom. The highest BCUT2D eigenvalue weighted by atomic mass is 32.1. The smallest absolute Gasteiger partial charge is 0.250 e. The van der Waals surface area contributed by atoms with E-state index in [1.807, 2.05) is 23.6 Å². The molecule has 3 aromatic rings. The molecule has 0 radical (unpaired) electrons. The standard InChI is InChI=1S/C16H14N2O3S2/c1-20-12-8-11-14(9-13(12)21-2)23-16(17-11)18-15(19)6-5-10-4-3-7-22-10/h3-9H,1-2H3,(H,17,18,19). The highest BCUT2D eigenvalue weighted by Gasteiger charge is 2.11. The van der Waals surface area contributed by atoms with Crippen LogP contribution in [0.4, 0.5) is 5.13 Å². The number of benzene rings is 1. The summed E-state index contributed by atoms with van der Waals surface area (Å²) in [5, 5.41) is 5.28. The molecule has 0 aliphatic heterocycles. The number of ether oxygens (including phenoxy) is 2.